The fraction of sp³-hybridized carbons (Fsp3) is 0.265. The topological polar surface area (TPSA) is 108 Å². The Hall–Kier alpha value is -4.18. The van der Waals surface area contributed by atoms with Crippen LogP contribution in [-0.4, -0.2) is 53.0 Å². The average molecular weight is 605 g/mol. The number of rotatable bonds is 15. The van der Waals surface area contributed by atoms with Crippen LogP contribution in [0.5, 0.6) is 17.2 Å². The van der Waals surface area contributed by atoms with Crippen LogP contribution in [0.3, 0.4) is 0 Å². The zero-order valence-corrected chi connectivity index (χ0v) is 25.1. The van der Waals surface area contributed by atoms with Gasteiger partial charge in [-0.05, 0) is 78.2 Å². The smallest absolute Gasteiger partial charge is 0.305 e. The summed E-state index contributed by atoms with van der Waals surface area (Å²) in [6, 6.07) is 30.0. The normalized spacial score (nSPS) is 12.7. The molecular weight excluding hydrogens is 568 g/mol. The summed E-state index contributed by atoms with van der Waals surface area (Å²) in [6.07, 6.45) is 0.687. The summed E-state index contributed by atoms with van der Waals surface area (Å²) >= 11 is 0. The molecule has 1 N–H and O–H groups in total. The molecule has 4 rings (SSSR count). The molecule has 0 bridgehead atoms. The van der Waals surface area contributed by atoms with E-state index in [1.165, 1.54) is 12.1 Å². The van der Waals surface area contributed by atoms with E-state index < -0.39 is 15.3 Å². The number of sulfone groups is 1. The first kappa shape index (κ1) is 31.7. The molecule has 4 aromatic rings. The van der Waals surface area contributed by atoms with Crippen LogP contribution in [0.25, 0.3) is 0 Å². The molecule has 1 atom stereocenters. The minimum absolute atomic E-state index is 0.0800. The molecule has 43 heavy (non-hydrogen) atoms. The molecule has 226 valence electrons. The number of carbonyl (C=O) groups is 1. The number of carbonyl (C=O) groups excluding carboxylic acids is 1. The van der Waals surface area contributed by atoms with Crippen molar-refractivity contribution in [1.82, 2.24) is 0 Å². The van der Waals surface area contributed by atoms with Gasteiger partial charge in [0.2, 0.25) is 9.84 Å². The summed E-state index contributed by atoms with van der Waals surface area (Å²) in [6.45, 7) is 2.56. The summed E-state index contributed by atoms with van der Waals surface area (Å²) in [7, 11) is -2.00. The predicted molar refractivity (Wildman–Crippen MR) is 162 cm³/mol. The van der Waals surface area contributed by atoms with Crippen molar-refractivity contribution in [2.24, 2.45) is 0 Å². The Labute approximate surface area is 252 Å². The lowest BCUT2D eigenvalue weighted by molar-refractivity contribution is -0.145. The molecule has 0 heterocycles. The Morgan fingerprint density at radius 3 is 1.81 bits per heavy atom. The summed E-state index contributed by atoms with van der Waals surface area (Å²) in [5.41, 5.74) is 1.47. The third kappa shape index (κ3) is 8.22. The van der Waals surface area contributed by atoms with Crippen LogP contribution in [0.1, 0.15) is 30.9 Å². The quantitative estimate of drug-likeness (QED) is 0.131. The highest BCUT2D eigenvalue weighted by atomic mass is 32.2. The average Bonchev–Trinajstić information content (AvgIpc) is 3.04. The van der Waals surface area contributed by atoms with Crippen LogP contribution in [0.2, 0.25) is 0 Å². The van der Waals surface area contributed by atoms with Crippen molar-refractivity contribution in [2.45, 2.75) is 35.0 Å². The van der Waals surface area contributed by atoms with Crippen molar-refractivity contribution >= 4 is 15.8 Å². The van der Waals surface area contributed by atoms with E-state index in [1.54, 1.807) is 49.6 Å². The van der Waals surface area contributed by atoms with E-state index in [0.29, 0.717) is 17.9 Å². The van der Waals surface area contributed by atoms with Gasteiger partial charge >= 0.3 is 5.97 Å². The highest BCUT2D eigenvalue weighted by Crippen LogP contribution is 2.38. The summed E-state index contributed by atoms with van der Waals surface area (Å²) in [4.78, 5) is 12.9. The first-order chi connectivity index (χ1) is 20.8. The van der Waals surface area contributed by atoms with Crippen LogP contribution >= 0.6 is 0 Å². The van der Waals surface area contributed by atoms with Gasteiger partial charge in [0, 0.05) is 11.8 Å². The fourth-order valence-corrected chi connectivity index (χ4v) is 5.95. The maximum Gasteiger partial charge on any atom is 0.305 e. The molecule has 0 saturated heterocycles. The molecule has 0 aliphatic heterocycles. The van der Waals surface area contributed by atoms with Crippen molar-refractivity contribution in [3.8, 4) is 17.2 Å². The van der Waals surface area contributed by atoms with Gasteiger partial charge in [-0.2, -0.15) is 0 Å². The maximum atomic E-state index is 12.9. The van der Waals surface area contributed by atoms with Crippen molar-refractivity contribution in [3.63, 3.8) is 0 Å². The Morgan fingerprint density at radius 2 is 1.26 bits per heavy atom. The lowest BCUT2D eigenvalue weighted by Crippen LogP contribution is -2.25. The van der Waals surface area contributed by atoms with Crippen molar-refractivity contribution in [1.29, 1.82) is 0 Å². The Bertz CT molecular complexity index is 1550. The maximum absolute atomic E-state index is 12.9. The van der Waals surface area contributed by atoms with Crippen LogP contribution in [0.4, 0.5) is 0 Å². The number of aliphatic hydroxyl groups excluding tert-OH is 1. The van der Waals surface area contributed by atoms with Crippen molar-refractivity contribution < 1.29 is 37.3 Å². The van der Waals surface area contributed by atoms with E-state index in [9.17, 15) is 13.2 Å². The zero-order valence-electron chi connectivity index (χ0n) is 24.3. The number of methoxy groups -OCH3 is 1. The Balaban J connectivity index is 1.47. The second-order valence-electron chi connectivity index (χ2n) is 10.0. The molecule has 4 aromatic carbocycles. The number of ether oxygens (including phenoxy) is 4. The molecular formula is C34H36O8S. The van der Waals surface area contributed by atoms with Crippen LogP contribution in [0.15, 0.2) is 113 Å². The van der Waals surface area contributed by atoms with Gasteiger partial charge < -0.3 is 24.1 Å². The standard InChI is InChI=1S/C34H36O8S/c1-34(26-8-12-28(39-2)13-9-26,21-20-33(36)41-25-24-40-23-22-35)27-10-14-29(15-11-27)42-30-16-18-32(19-17-30)43(37,38)31-6-4-3-5-7-31/h3-19,35H,20-25H2,1-2H3. The molecule has 0 aromatic heterocycles. The molecule has 0 fully saturated rings. The summed E-state index contributed by atoms with van der Waals surface area (Å²) in [5.74, 6) is 1.50. The number of benzene rings is 4. The highest BCUT2D eigenvalue weighted by Gasteiger charge is 2.30. The highest BCUT2D eigenvalue weighted by molar-refractivity contribution is 7.91. The first-order valence-corrected chi connectivity index (χ1v) is 15.4. The van der Waals surface area contributed by atoms with Crippen LogP contribution < -0.4 is 9.47 Å². The third-order valence-corrected chi connectivity index (χ3v) is 8.98. The van der Waals surface area contributed by atoms with Gasteiger partial charge in [-0.3, -0.25) is 4.79 Å². The van der Waals surface area contributed by atoms with Gasteiger partial charge in [0.1, 0.15) is 23.9 Å². The minimum atomic E-state index is -3.61. The first-order valence-electron chi connectivity index (χ1n) is 13.9. The SMILES string of the molecule is COc1ccc(C(C)(CCC(=O)OCCOCCO)c2ccc(Oc3ccc(S(=O)(=O)c4ccccc4)cc3)cc2)cc1. The second kappa shape index (κ2) is 14.8. The Kier molecular flexibility index (Phi) is 10.9. The molecule has 0 saturated carbocycles. The lowest BCUT2D eigenvalue weighted by atomic mass is 9.73. The number of hydrogen-bond donors (Lipinski definition) is 1. The van der Waals surface area contributed by atoms with Crippen molar-refractivity contribution in [2.75, 3.05) is 33.5 Å². The van der Waals surface area contributed by atoms with E-state index in [0.717, 1.165) is 16.9 Å². The molecule has 0 amide bonds. The summed E-state index contributed by atoms with van der Waals surface area (Å²) < 4.78 is 47.6. The van der Waals surface area contributed by atoms with Crippen LogP contribution in [0, 0.1) is 0 Å². The van der Waals surface area contributed by atoms with E-state index in [4.69, 9.17) is 24.1 Å². The Morgan fingerprint density at radius 1 is 0.721 bits per heavy atom. The van der Waals surface area contributed by atoms with Crippen molar-refractivity contribution in [3.05, 3.63) is 114 Å². The van der Waals surface area contributed by atoms with Gasteiger partial charge in [-0.25, -0.2) is 8.42 Å². The van der Waals surface area contributed by atoms with Crippen LogP contribution in [-0.2, 0) is 29.5 Å². The fourth-order valence-electron chi connectivity index (χ4n) is 4.67. The molecule has 0 aliphatic rings. The van der Waals surface area contributed by atoms with Gasteiger partial charge in [-0.15, -0.1) is 0 Å². The molecule has 0 spiro atoms. The number of hydrogen-bond acceptors (Lipinski definition) is 8. The molecule has 9 heteroatoms. The van der Waals surface area contributed by atoms with Gasteiger partial charge in [0.05, 0.1) is 36.7 Å². The van der Waals surface area contributed by atoms with E-state index in [2.05, 4.69) is 6.92 Å². The summed E-state index contributed by atoms with van der Waals surface area (Å²) in [5, 5.41) is 8.79. The van der Waals surface area contributed by atoms with E-state index in [-0.39, 0.29) is 48.6 Å². The molecule has 8 nitrogen and oxygen atoms in total. The molecule has 1 unspecified atom stereocenters. The zero-order chi connectivity index (χ0) is 30.7. The van der Waals surface area contributed by atoms with Gasteiger partial charge in [-0.1, -0.05) is 49.4 Å². The lowest BCUT2D eigenvalue weighted by Gasteiger charge is -2.31. The number of aliphatic hydroxyl groups is 1. The molecule has 0 aliphatic carbocycles. The second-order valence-corrected chi connectivity index (χ2v) is 12.0. The van der Waals surface area contributed by atoms with E-state index in [1.807, 2.05) is 48.5 Å². The van der Waals surface area contributed by atoms with E-state index >= 15 is 0 Å². The van der Waals surface area contributed by atoms with Gasteiger partial charge in [0.25, 0.3) is 0 Å². The third-order valence-electron chi connectivity index (χ3n) is 7.20. The predicted octanol–water partition coefficient (Wildman–Crippen LogP) is 5.96. The monoisotopic (exact) mass is 604 g/mol. The largest absolute Gasteiger partial charge is 0.497 e. The molecule has 0 radical (unpaired) electrons. The number of esters is 1. The van der Waals surface area contributed by atoms with Gasteiger partial charge in [0.15, 0.2) is 0 Å². The minimum Gasteiger partial charge on any atom is -0.497 e.